The lowest BCUT2D eigenvalue weighted by atomic mass is 10.1. The van der Waals surface area contributed by atoms with Crippen LogP contribution in [0, 0.1) is 0 Å². The summed E-state index contributed by atoms with van der Waals surface area (Å²) in [5.74, 6) is -0.0490. The highest BCUT2D eigenvalue weighted by Gasteiger charge is 2.30. The highest BCUT2D eigenvalue weighted by molar-refractivity contribution is 7.09. The van der Waals surface area contributed by atoms with Crippen LogP contribution in [-0.2, 0) is 11.3 Å². The van der Waals surface area contributed by atoms with Gasteiger partial charge in [0.1, 0.15) is 16.8 Å². The minimum Gasteiger partial charge on any atom is -0.367 e. The quantitative estimate of drug-likeness (QED) is 0.942. The zero-order chi connectivity index (χ0) is 15.5. The molecule has 1 aliphatic heterocycles. The van der Waals surface area contributed by atoms with Crippen molar-refractivity contribution in [3.8, 4) is 0 Å². The molecule has 1 fully saturated rings. The van der Waals surface area contributed by atoms with E-state index in [1.807, 2.05) is 42.2 Å². The first-order valence-corrected chi connectivity index (χ1v) is 8.19. The van der Waals surface area contributed by atoms with Crippen LogP contribution in [0.15, 0.2) is 35.7 Å². The van der Waals surface area contributed by atoms with E-state index in [9.17, 15) is 4.79 Å². The summed E-state index contributed by atoms with van der Waals surface area (Å²) in [6.45, 7) is 3.48. The van der Waals surface area contributed by atoms with Crippen LogP contribution in [0.1, 0.15) is 34.1 Å². The minimum absolute atomic E-state index is 0.00415. The number of nitrogens with two attached hydrogens (primary N) is 1. The molecular formula is C16H19N3O2S. The molecule has 1 aliphatic rings. The Bertz CT molecular complexity index is 644. The van der Waals surface area contributed by atoms with Crippen LogP contribution < -0.4 is 5.73 Å². The normalized spacial score (nSPS) is 21.8. The van der Waals surface area contributed by atoms with Gasteiger partial charge in [-0.15, -0.1) is 11.3 Å². The molecule has 22 heavy (non-hydrogen) atoms. The Hall–Kier alpha value is -1.76. The number of benzene rings is 1. The Kier molecular flexibility index (Phi) is 4.52. The SMILES string of the molecule is C[C@@H]1CN(C(=O)c2csc(CN)n2)C[C@@H](c2ccccc2)O1. The van der Waals surface area contributed by atoms with Crippen molar-refractivity contribution in [1.29, 1.82) is 0 Å². The summed E-state index contributed by atoms with van der Waals surface area (Å²) < 4.78 is 5.98. The van der Waals surface area contributed by atoms with E-state index in [2.05, 4.69) is 4.98 Å². The van der Waals surface area contributed by atoms with Gasteiger partial charge in [0.15, 0.2) is 0 Å². The average Bonchev–Trinajstić information content (AvgIpc) is 3.03. The molecule has 0 unspecified atom stereocenters. The maximum absolute atomic E-state index is 12.6. The predicted octanol–water partition coefficient (Wildman–Crippen LogP) is 2.20. The van der Waals surface area contributed by atoms with Gasteiger partial charge < -0.3 is 15.4 Å². The van der Waals surface area contributed by atoms with Gasteiger partial charge in [-0.2, -0.15) is 0 Å². The molecule has 0 spiro atoms. The van der Waals surface area contributed by atoms with Crippen molar-refractivity contribution in [2.75, 3.05) is 13.1 Å². The number of rotatable bonds is 3. The fraction of sp³-hybridized carbons (Fsp3) is 0.375. The number of hydrogen-bond donors (Lipinski definition) is 1. The molecule has 2 N–H and O–H groups in total. The predicted molar refractivity (Wildman–Crippen MR) is 85.6 cm³/mol. The summed E-state index contributed by atoms with van der Waals surface area (Å²) in [6.07, 6.45) is -0.1000. The lowest BCUT2D eigenvalue weighted by molar-refractivity contribution is -0.0692. The largest absolute Gasteiger partial charge is 0.367 e. The molecule has 116 valence electrons. The molecular weight excluding hydrogens is 298 g/mol. The Morgan fingerprint density at radius 3 is 2.86 bits per heavy atom. The lowest BCUT2D eigenvalue weighted by Crippen LogP contribution is -2.46. The second-order valence-electron chi connectivity index (χ2n) is 5.39. The first-order valence-electron chi connectivity index (χ1n) is 7.31. The molecule has 1 saturated heterocycles. The Morgan fingerprint density at radius 2 is 2.18 bits per heavy atom. The van der Waals surface area contributed by atoms with Gasteiger partial charge in [-0.25, -0.2) is 4.98 Å². The molecule has 2 aromatic rings. The van der Waals surface area contributed by atoms with Gasteiger partial charge >= 0.3 is 0 Å². The number of carbonyl (C=O) groups is 1. The molecule has 0 saturated carbocycles. The van der Waals surface area contributed by atoms with Gasteiger partial charge in [0.05, 0.1) is 12.6 Å². The highest BCUT2D eigenvalue weighted by atomic mass is 32.1. The van der Waals surface area contributed by atoms with E-state index in [-0.39, 0.29) is 18.1 Å². The van der Waals surface area contributed by atoms with Crippen LogP contribution in [-0.4, -0.2) is 35.0 Å². The molecule has 1 amide bonds. The van der Waals surface area contributed by atoms with E-state index in [1.54, 1.807) is 5.38 Å². The molecule has 6 heteroatoms. The van der Waals surface area contributed by atoms with Crippen LogP contribution in [0.5, 0.6) is 0 Å². The summed E-state index contributed by atoms with van der Waals surface area (Å²) in [6, 6.07) is 10.00. The molecule has 5 nitrogen and oxygen atoms in total. The van der Waals surface area contributed by atoms with E-state index in [0.29, 0.717) is 25.3 Å². The average molecular weight is 317 g/mol. The second-order valence-corrected chi connectivity index (χ2v) is 6.33. The topological polar surface area (TPSA) is 68.5 Å². The van der Waals surface area contributed by atoms with Gasteiger partial charge in [-0.3, -0.25) is 4.79 Å². The van der Waals surface area contributed by atoms with E-state index < -0.39 is 0 Å². The second kappa shape index (κ2) is 6.56. The first kappa shape index (κ1) is 15.1. The molecule has 0 bridgehead atoms. The van der Waals surface area contributed by atoms with Gasteiger partial charge in [-0.1, -0.05) is 30.3 Å². The number of hydrogen-bond acceptors (Lipinski definition) is 5. The molecule has 1 aromatic heterocycles. The summed E-state index contributed by atoms with van der Waals surface area (Å²) in [5, 5.41) is 2.56. The number of nitrogens with zero attached hydrogens (tertiary/aromatic N) is 2. The summed E-state index contributed by atoms with van der Waals surface area (Å²) in [5.41, 5.74) is 7.13. The van der Waals surface area contributed by atoms with Crippen molar-refractivity contribution >= 4 is 17.2 Å². The highest BCUT2D eigenvalue weighted by Crippen LogP contribution is 2.26. The van der Waals surface area contributed by atoms with Crippen molar-refractivity contribution < 1.29 is 9.53 Å². The fourth-order valence-electron chi connectivity index (χ4n) is 2.63. The van der Waals surface area contributed by atoms with Crippen LogP contribution in [0.2, 0.25) is 0 Å². The summed E-state index contributed by atoms with van der Waals surface area (Å²) in [7, 11) is 0. The van der Waals surface area contributed by atoms with Gasteiger partial charge in [0, 0.05) is 18.5 Å². The van der Waals surface area contributed by atoms with Crippen molar-refractivity contribution in [2.45, 2.75) is 25.7 Å². The molecule has 0 radical (unpaired) electrons. The number of morpholine rings is 1. The number of amides is 1. The number of thiazole rings is 1. The third-order valence-electron chi connectivity index (χ3n) is 3.66. The summed E-state index contributed by atoms with van der Waals surface area (Å²) in [4.78, 5) is 18.7. The smallest absolute Gasteiger partial charge is 0.273 e. The third kappa shape index (κ3) is 3.19. The zero-order valence-electron chi connectivity index (χ0n) is 12.4. The van der Waals surface area contributed by atoms with Crippen molar-refractivity contribution in [3.05, 3.63) is 52.0 Å². The lowest BCUT2D eigenvalue weighted by Gasteiger charge is -2.36. The first-order chi connectivity index (χ1) is 10.7. The van der Waals surface area contributed by atoms with E-state index in [0.717, 1.165) is 10.6 Å². The molecule has 2 atom stereocenters. The van der Waals surface area contributed by atoms with E-state index >= 15 is 0 Å². The third-order valence-corrected chi connectivity index (χ3v) is 4.54. The Balaban J connectivity index is 1.77. The molecule has 1 aromatic carbocycles. The Labute approximate surface area is 133 Å². The fourth-order valence-corrected chi connectivity index (χ4v) is 3.28. The maximum atomic E-state index is 12.6. The van der Waals surface area contributed by atoms with E-state index in [4.69, 9.17) is 10.5 Å². The number of aromatic nitrogens is 1. The van der Waals surface area contributed by atoms with Gasteiger partial charge in [0.2, 0.25) is 0 Å². The number of carbonyl (C=O) groups excluding carboxylic acids is 1. The molecule has 2 heterocycles. The van der Waals surface area contributed by atoms with Crippen molar-refractivity contribution in [1.82, 2.24) is 9.88 Å². The number of ether oxygens (including phenoxy) is 1. The monoisotopic (exact) mass is 317 g/mol. The van der Waals surface area contributed by atoms with Crippen LogP contribution in [0.4, 0.5) is 0 Å². The minimum atomic E-state index is -0.0958. The Morgan fingerprint density at radius 1 is 1.41 bits per heavy atom. The molecule has 3 rings (SSSR count). The molecule has 0 aliphatic carbocycles. The van der Waals surface area contributed by atoms with Crippen molar-refractivity contribution in [3.63, 3.8) is 0 Å². The van der Waals surface area contributed by atoms with E-state index in [1.165, 1.54) is 11.3 Å². The van der Waals surface area contributed by atoms with Crippen LogP contribution in [0.25, 0.3) is 0 Å². The van der Waals surface area contributed by atoms with Gasteiger partial charge in [0.25, 0.3) is 5.91 Å². The zero-order valence-corrected chi connectivity index (χ0v) is 13.3. The van der Waals surface area contributed by atoms with Crippen LogP contribution >= 0.6 is 11.3 Å². The van der Waals surface area contributed by atoms with Gasteiger partial charge in [-0.05, 0) is 12.5 Å². The maximum Gasteiger partial charge on any atom is 0.273 e. The summed E-state index contributed by atoms with van der Waals surface area (Å²) >= 11 is 1.42. The standard InChI is InChI=1S/C16H19N3O2S/c1-11-8-19(16(20)13-10-22-15(7-17)18-13)9-14(21-11)12-5-3-2-4-6-12/h2-6,10-11,14H,7-9,17H2,1H3/t11-,14+/m1/s1. The van der Waals surface area contributed by atoms with Crippen LogP contribution in [0.3, 0.4) is 0 Å². The van der Waals surface area contributed by atoms with Crippen molar-refractivity contribution in [2.24, 2.45) is 5.73 Å².